The van der Waals surface area contributed by atoms with Gasteiger partial charge in [-0.3, -0.25) is 9.78 Å². The van der Waals surface area contributed by atoms with E-state index in [2.05, 4.69) is 15.3 Å². The molecule has 0 saturated carbocycles. The number of aromatic nitrogens is 2. The number of hydrogen-bond acceptors (Lipinski definition) is 4. The van der Waals surface area contributed by atoms with Crippen molar-refractivity contribution in [1.29, 1.82) is 0 Å². The van der Waals surface area contributed by atoms with Crippen molar-refractivity contribution in [3.05, 3.63) is 28.3 Å². The fourth-order valence-electron chi connectivity index (χ4n) is 0.852. The zero-order valence-electron chi connectivity index (χ0n) is 7.36. The molecule has 0 unspecified atom stereocenters. The van der Waals surface area contributed by atoms with Crippen LogP contribution in [-0.2, 0) is 4.79 Å². The molecule has 74 valence electrons. The number of anilines is 1. The van der Waals surface area contributed by atoms with Gasteiger partial charge in [0.15, 0.2) is 0 Å². The number of H-pyrrole nitrogens is 1. The molecule has 0 aromatic carbocycles. The summed E-state index contributed by atoms with van der Waals surface area (Å²) in [6.07, 6.45) is 5.32. The van der Waals surface area contributed by atoms with Crippen molar-refractivity contribution in [2.75, 3.05) is 12.3 Å². The molecule has 0 radical (unpaired) electrons. The molecule has 4 N–H and O–H groups in total. The molecular formula is C8H10N4O2. The molecule has 1 aromatic rings. The minimum Gasteiger partial charge on any atom is -0.385 e. The van der Waals surface area contributed by atoms with E-state index < -0.39 is 5.69 Å². The molecule has 0 atom stereocenters. The smallest absolute Gasteiger partial charge is 0.346 e. The summed E-state index contributed by atoms with van der Waals surface area (Å²) in [4.78, 5) is 26.4. The van der Waals surface area contributed by atoms with Crippen LogP contribution in [0, 0.1) is 0 Å². The van der Waals surface area contributed by atoms with Crippen LogP contribution in [0.5, 0.6) is 0 Å². The fraction of sp³-hybridized carbons (Fsp3) is 0.125. The average molecular weight is 194 g/mol. The maximum Gasteiger partial charge on any atom is 0.346 e. The molecule has 0 spiro atoms. The molecule has 14 heavy (non-hydrogen) atoms. The number of amides is 1. The topological polar surface area (TPSA) is 101 Å². The Morgan fingerprint density at radius 3 is 3.07 bits per heavy atom. The number of carbonyl (C=O) groups excluding carboxylic acids is 1. The lowest BCUT2D eigenvalue weighted by Gasteiger charge is -1.97. The zero-order chi connectivity index (χ0) is 10.4. The number of aromatic amines is 1. The Hall–Kier alpha value is -2.11. The van der Waals surface area contributed by atoms with Gasteiger partial charge in [0.25, 0.3) is 0 Å². The summed E-state index contributed by atoms with van der Waals surface area (Å²) in [5.41, 5.74) is 5.63. The van der Waals surface area contributed by atoms with Gasteiger partial charge in [0, 0.05) is 18.3 Å². The standard InChI is InChI=1S/C8H10N4O2/c9-7-6(2-1-3-10-5-13)4-11-8(14)12-7/h1-2,4-5H,3H2,(H,10,13)(H3,9,11,12,14)/b2-1+. The van der Waals surface area contributed by atoms with E-state index in [0.29, 0.717) is 18.5 Å². The predicted molar refractivity (Wildman–Crippen MR) is 52.4 cm³/mol. The Morgan fingerprint density at radius 2 is 2.43 bits per heavy atom. The van der Waals surface area contributed by atoms with Crippen LogP contribution >= 0.6 is 0 Å². The normalized spacial score (nSPS) is 10.3. The van der Waals surface area contributed by atoms with Gasteiger partial charge < -0.3 is 11.1 Å². The third kappa shape index (κ3) is 2.74. The number of carbonyl (C=O) groups is 1. The van der Waals surface area contributed by atoms with Crippen LogP contribution in [0.15, 0.2) is 17.1 Å². The van der Waals surface area contributed by atoms with Crippen molar-refractivity contribution < 1.29 is 4.79 Å². The largest absolute Gasteiger partial charge is 0.385 e. The van der Waals surface area contributed by atoms with Crippen molar-refractivity contribution >= 4 is 18.3 Å². The van der Waals surface area contributed by atoms with Gasteiger partial charge in [-0.1, -0.05) is 12.2 Å². The summed E-state index contributed by atoms with van der Waals surface area (Å²) in [6.45, 7) is 0.405. The van der Waals surface area contributed by atoms with E-state index in [1.165, 1.54) is 6.20 Å². The monoisotopic (exact) mass is 194 g/mol. The van der Waals surface area contributed by atoms with E-state index in [4.69, 9.17) is 5.73 Å². The lowest BCUT2D eigenvalue weighted by molar-refractivity contribution is -0.109. The lowest BCUT2D eigenvalue weighted by Crippen LogP contribution is -2.13. The van der Waals surface area contributed by atoms with Crippen LogP contribution in [0.25, 0.3) is 6.08 Å². The van der Waals surface area contributed by atoms with Gasteiger partial charge in [-0.25, -0.2) is 9.78 Å². The Labute approximate surface area is 79.9 Å². The number of nitrogens with zero attached hydrogens (tertiary/aromatic N) is 1. The lowest BCUT2D eigenvalue weighted by atomic mass is 10.3. The summed E-state index contributed by atoms with van der Waals surface area (Å²) in [5, 5.41) is 2.45. The Morgan fingerprint density at radius 1 is 1.64 bits per heavy atom. The van der Waals surface area contributed by atoms with Crippen LogP contribution in [0.1, 0.15) is 5.56 Å². The first-order valence-electron chi connectivity index (χ1n) is 3.92. The van der Waals surface area contributed by atoms with Gasteiger partial charge in [-0.15, -0.1) is 0 Å². The van der Waals surface area contributed by atoms with Crippen molar-refractivity contribution in [3.8, 4) is 0 Å². The molecule has 0 aliphatic rings. The number of hydrogen-bond donors (Lipinski definition) is 3. The molecule has 6 heteroatoms. The van der Waals surface area contributed by atoms with Gasteiger partial charge in [-0.05, 0) is 0 Å². The minimum atomic E-state index is -0.481. The van der Waals surface area contributed by atoms with Crippen LogP contribution < -0.4 is 16.7 Å². The fourth-order valence-corrected chi connectivity index (χ4v) is 0.852. The highest BCUT2D eigenvalue weighted by Crippen LogP contribution is 2.04. The van der Waals surface area contributed by atoms with Crippen LogP contribution in [0.2, 0.25) is 0 Å². The highest BCUT2D eigenvalue weighted by molar-refractivity contribution is 5.59. The predicted octanol–water partition coefficient (Wildman–Crippen LogP) is -0.889. The molecule has 0 saturated heterocycles. The van der Waals surface area contributed by atoms with Gasteiger partial charge in [0.05, 0.1) is 0 Å². The zero-order valence-corrected chi connectivity index (χ0v) is 7.36. The highest BCUT2D eigenvalue weighted by atomic mass is 16.1. The molecular weight excluding hydrogens is 184 g/mol. The van der Waals surface area contributed by atoms with Crippen LogP contribution in [0.3, 0.4) is 0 Å². The molecule has 6 nitrogen and oxygen atoms in total. The van der Waals surface area contributed by atoms with Crippen molar-refractivity contribution in [1.82, 2.24) is 15.3 Å². The molecule has 0 bridgehead atoms. The Kier molecular flexibility index (Phi) is 3.42. The Bertz CT molecular complexity index is 397. The summed E-state index contributed by atoms with van der Waals surface area (Å²) in [6, 6.07) is 0. The third-order valence-corrected chi connectivity index (χ3v) is 1.49. The molecule has 0 aliphatic carbocycles. The molecule has 0 fully saturated rings. The summed E-state index contributed by atoms with van der Waals surface area (Å²) in [5.74, 6) is 0.257. The molecule has 0 aliphatic heterocycles. The molecule has 1 heterocycles. The molecule has 1 aromatic heterocycles. The summed E-state index contributed by atoms with van der Waals surface area (Å²) in [7, 11) is 0. The minimum absolute atomic E-state index is 0.257. The number of nitrogens with two attached hydrogens (primary N) is 1. The molecule has 1 amide bonds. The second kappa shape index (κ2) is 4.80. The highest BCUT2D eigenvalue weighted by Gasteiger charge is 1.94. The first-order valence-corrected chi connectivity index (χ1v) is 3.92. The number of nitrogen functional groups attached to an aromatic ring is 1. The summed E-state index contributed by atoms with van der Waals surface area (Å²) < 4.78 is 0. The van der Waals surface area contributed by atoms with E-state index in [0.717, 1.165) is 0 Å². The number of rotatable bonds is 4. The second-order valence-electron chi connectivity index (χ2n) is 2.49. The van der Waals surface area contributed by atoms with E-state index in [9.17, 15) is 9.59 Å². The van der Waals surface area contributed by atoms with Crippen LogP contribution in [0.4, 0.5) is 5.82 Å². The van der Waals surface area contributed by atoms with Crippen LogP contribution in [-0.4, -0.2) is 22.9 Å². The first-order chi connectivity index (χ1) is 6.74. The maximum absolute atomic E-state index is 10.7. The van der Waals surface area contributed by atoms with Gasteiger partial charge in [-0.2, -0.15) is 0 Å². The Balaban J connectivity index is 2.71. The first kappa shape index (κ1) is 9.97. The third-order valence-electron chi connectivity index (χ3n) is 1.49. The van der Waals surface area contributed by atoms with E-state index >= 15 is 0 Å². The van der Waals surface area contributed by atoms with Crippen molar-refractivity contribution in [3.63, 3.8) is 0 Å². The second-order valence-corrected chi connectivity index (χ2v) is 2.49. The summed E-state index contributed by atoms with van der Waals surface area (Å²) >= 11 is 0. The van der Waals surface area contributed by atoms with Gasteiger partial charge in [0.2, 0.25) is 6.41 Å². The maximum atomic E-state index is 10.7. The van der Waals surface area contributed by atoms with Gasteiger partial charge in [0.1, 0.15) is 5.82 Å². The van der Waals surface area contributed by atoms with Gasteiger partial charge >= 0.3 is 5.69 Å². The van der Waals surface area contributed by atoms with E-state index in [-0.39, 0.29) is 5.82 Å². The van der Waals surface area contributed by atoms with Crippen molar-refractivity contribution in [2.45, 2.75) is 0 Å². The van der Waals surface area contributed by atoms with Crippen molar-refractivity contribution in [2.24, 2.45) is 0 Å². The average Bonchev–Trinajstić information content (AvgIpc) is 2.15. The van der Waals surface area contributed by atoms with E-state index in [1.807, 2.05) is 0 Å². The number of nitrogens with one attached hydrogen (secondary N) is 2. The molecule has 1 rings (SSSR count). The SMILES string of the molecule is Nc1[nH]c(=O)ncc1/C=C/CNC=O. The van der Waals surface area contributed by atoms with E-state index in [1.54, 1.807) is 12.2 Å². The quantitative estimate of drug-likeness (QED) is 0.427.